The molecule has 3 heterocycles. The van der Waals surface area contributed by atoms with E-state index in [1.807, 2.05) is 6.92 Å². The van der Waals surface area contributed by atoms with Crippen LogP contribution in [0, 0.1) is 29.6 Å². The summed E-state index contributed by atoms with van der Waals surface area (Å²) in [7, 11) is 0. The highest BCUT2D eigenvalue weighted by atomic mass is 16.5. The van der Waals surface area contributed by atoms with Crippen molar-refractivity contribution in [2.75, 3.05) is 13.1 Å². The van der Waals surface area contributed by atoms with Gasteiger partial charge in [-0.3, -0.25) is 15.3 Å². The molecule has 21 heavy (non-hydrogen) atoms. The molecule has 2 aliphatic rings. The molecular weight excluding hydrogens is 270 g/mol. The van der Waals surface area contributed by atoms with Crippen LogP contribution in [0.15, 0.2) is 0 Å². The molecule has 0 aromatic carbocycles. The molecule has 1 saturated heterocycles. The molecule has 7 nitrogen and oxygen atoms in total. The fourth-order valence-corrected chi connectivity index (χ4v) is 3.57. The summed E-state index contributed by atoms with van der Waals surface area (Å²) >= 11 is 0. The fourth-order valence-electron chi connectivity index (χ4n) is 3.57. The van der Waals surface area contributed by atoms with E-state index >= 15 is 0 Å². The van der Waals surface area contributed by atoms with Crippen LogP contribution < -0.4 is 4.74 Å². The van der Waals surface area contributed by atoms with Gasteiger partial charge in [0.2, 0.25) is 17.7 Å². The smallest absolute Gasteiger partial charge is 0.243 e. The van der Waals surface area contributed by atoms with Gasteiger partial charge < -0.3 is 9.64 Å². The number of nitrogens with one attached hydrogen (secondary N) is 2. The molecule has 1 spiro atoms. The molecular formula is C14H17N5O2. The lowest BCUT2D eigenvalue weighted by Crippen LogP contribution is -2.52. The number of rotatable bonds is 0. The number of nitriles is 1. The van der Waals surface area contributed by atoms with Crippen molar-refractivity contribution in [3.05, 3.63) is 11.3 Å². The lowest BCUT2D eigenvalue weighted by molar-refractivity contribution is -0.130. The maximum Gasteiger partial charge on any atom is 0.243 e. The van der Waals surface area contributed by atoms with Crippen LogP contribution in [0.25, 0.3) is 0 Å². The molecule has 1 aromatic heterocycles. The Labute approximate surface area is 122 Å². The first-order valence-corrected chi connectivity index (χ1v) is 6.96. The molecule has 2 N–H and O–H groups in total. The van der Waals surface area contributed by atoms with Crippen molar-refractivity contribution in [2.24, 2.45) is 5.92 Å². The molecule has 1 fully saturated rings. The molecule has 0 saturated carbocycles. The number of H-pyrrole nitrogens is 1. The van der Waals surface area contributed by atoms with Crippen molar-refractivity contribution in [3.63, 3.8) is 0 Å². The molecule has 0 aliphatic carbocycles. The molecule has 1 amide bonds. The first-order chi connectivity index (χ1) is 9.99. The van der Waals surface area contributed by atoms with Gasteiger partial charge in [-0.2, -0.15) is 5.26 Å². The summed E-state index contributed by atoms with van der Waals surface area (Å²) < 4.78 is 5.40. The second-order valence-corrected chi connectivity index (χ2v) is 5.72. The zero-order valence-corrected chi connectivity index (χ0v) is 12.1. The van der Waals surface area contributed by atoms with E-state index in [0.717, 1.165) is 11.3 Å². The summed E-state index contributed by atoms with van der Waals surface area (Å²) in [6, 6.07) is 2.22. The number of amides is 1. The van der Waals surface area contributed by atoms with E-state index in [0.29, 0.717) is 31.8 Å². The number of carbonyl (C=O) groups excluding carboxylic acids is 1. The number of aromatic nitrogens is 2. The summed E-state index contributed by atoms with van der Waals surface area (Å²) in [5, 5.41) is 24.5. The van der Waals surface area contributed by atoms with Gasteiger partial charge in [-0.05, 0) is 19.8 Å². The Hall–Kier alpha value is -2.36. The summed E-state index contributed by atoms with van der Waals surface area (Å²) in [6.07, 6.45) is 1.29. The summed E-state index contributed by atoms with van der Waals surface area (Å²) in [5.41, 5.74) is 1.28. The number of likely N-dealkylation sites (tertiary alicyclic amines) is 1. The standard InChI is InChI=1S/C14H17N5O2/c1-8-11-13(18-17-8)21-12(16)10(7-15)14(11)3-5-19(6-4-14)9(2)20/h10,16H,3-6H2,1-2H3,(H,17,18). The minimum absolute atomic E-state index is 0.0460. The highest BCUT2D eigenvalue weighted by Crippen LogP contribution is 2.49. The van der Waals surface area contributed by atoms with E-state index in [1.165, 1.54) is 0 Å². The highest BCUT2D eigenvalue weighted by molar-refractivity contribution is 5.85. The topological polar surface area (TPSA) is 106 Å². The maximum absolute atomic E-state index is 11.5. The minimum Gasteiger partial charge on any atom is -0.422 e. The van der Waals surface area contributed by atoms with Gasteiger partial charge >= 0.3 is 0 Å². The highest BCUT2D eigenvalue weighted by Gasteiger charge is 2.52. The largest absolute Gasteiger partial charge is 0.422 e. The molecule has 2 aliphatic heterocycles. The molecule has 1 unspecified atom stereocenters. The van der Waals surface area contributed by atoms with Gasteiger partial charge in [0.25, 0.3) is 0 Å². The molecule has 1 aromatic rings. The number of ether oxygens (including phenoxy) is 1. The summed E-state index contributed by atoms with van der Waals surface area (Å²) in [6.45, 7) is 4.63. The van der Waals surface area contributed by atoms with Gasteiger partial charge in [-0.1, -0.05) is 0 Å². The van der Waals surface area contributed by atoms with Crippen molar-refractivity contribution in [1.82, 2.24) is 15.1 Å². The number of hydrogen-bond acceptors (Lipinski definition) is 5. The van der Waals surface area contributed by atoms with E-state index in [4.69, 9.17) is 10.1 Å². The van der Waals surface area contributed by atoms with Crippen molar-refractivity contribution in [3.8, 4) is 11.9 Å². The van der Waals surface area contributed by atoms with Crippen LogP contribution in [-0.2, 0) is 10.2 Å². The van der Waals surface area contributed by atoms with E-state index in [1.54, 1.807) is 11.8 Å². The van der Waals surface area contributed by atoms with Crippen LogP contribution in [0.1, 0.15) is 31.0 Å². The normalized spacial score (nSPS) is 23.4. The lowest BCUT2D eigenvalue weighted by Gasteiger charge is -2.45. The van der Waals surface area contributed by atoms with Gasteiger partial charge in [-0.25, -0.2) is 0 Å². The lowest BCUT2D eigenvalue weighted by atomic mass is 9.63. The second kappa shape index (κ2) is 4.58. The first-order valence-electron chi connectivity index (χ1n) is 6.96. The SMILES string of the molecule is CC(=O)N1CCC2(CC1)c1c(n[nH]c1C)OC(=N)C2C#N. The van der Waals surface area contributed by atoms with Crippen LogP contribution in [0.4, 0.5) is 0 Å². The summed E-state index contributed by atoms with van der Waals surface area (Å²) in [5.74, 6) is -0.229. The molecule has 3 rings (SSSR count). The predicted molar refractivity (Wildman–Crippen MR) is 73.9 cm³/mol. The van der Waals surface area contributed by atoms with E-state index < -0.39 is 11.3 Å². The summed E-state index contributed by atoms with van der Waals surface area (Å²) in [4.78, 5) is 13.3. The zero-order chi connectivity index (χ0) is 15.2. The van der Waals surface area contributed by atoms with Crippen LogP contribution in [0.2, 0.25) is 0 Å². The van der Waals surface area contributed by atoms with Crippen LogP contribution in [-0.4, -0.2) is 40.0 Å². The van der Waals surface area contributed by atoms with Crippen molar-refractivity contribution < 1.29 is 9.53 Å². The number of fused-ring (bicyclic) bond motifs is 2. The van der Waals surface area contributed by atoms with Crippen molar-refractivity contribution >= 4 is 11.8 Å². The number of piperidine rings is 1. The van der Waals surface area contributed by atoms with Crippen LogP contribution in [0.3, 0.4) is 0 Å². The molecule has 0 bridgehead atoms. The number of aromatic amines is 1. The third kappa shape index (κ3) is 1.82. The Balaban J connectivity index is 2.06. The Morgan fingerprint density at radius 3 is 2.81 bits per heavy atom. The minimum atomic E-state index is -0.629. The average Bonchev–Trinajstić information content (AvgIpc) is 2.81. The monoisotopic (exact) mass is 287 g/mol. The molecule has 1 atom stereocenters. The van der Waals surface area contributed by atoms with Crippen LogP contribution in [0.5, 0.6) is 5.88 Å². The predicted octanol–water partition coefficient (Wildman–Crippen LogP) is 1.11. The molecule has 110 valence electrons. The Morgan fingerprint density at radius 2 is 2.24 bits per heavy atom. The number of hydrogen-bond donors (Lipinski definition) is 2. The van der Waals surface area contributed by atoms with Gasteiger partial charge in [-0.15, -0.1) is 5.10 Å². The Kier molecular flexibility index (Phi) is 2.97. The van der Waals surface area contributed by atoms with Gasteiger partial charge in [0.1, 0.15) is 5.92 Å². The van der Waals surface area contributed by atoms with E-state index in [9.17, 15) is 10.1 Å². The Morgan fingerprint density at radius 1 is 1.57 bits per heavy atom. The second-order valence-electron chi connectivity index (χ2n) is 5.72. The van der Waals surface area contributed by atoms with E-state index in [2.05, 4.69) is 16.3 Å². The molecule has 7 heteroatoms. The van der Waals surface area contributed by atoms with Gasteiger partial charge in [0.05, 0.1) is 6.07 Å². The Bertz CT molecular complexity index is 649. The number of carbonyl (C=O) groups is 1. The average molecular weight is 287 g/mol. The fraction of sp³-hybridized carbons (Fsp3) is 0.571. The first kappa shape index (κ1) is 13.6. The molecule has 0 radical (unpaired) electrons. The van der Waals surface area contributed by atoms with Crippen molar-refractivity contribution in [1.29, 1.82) is 10.7 Å². The van der Waals surface area contributed by atoms with Crippen molar-refractivity contribution in [2.45, 2.75) is 32.1 Å². The number of aryl methyl sites for hydroxylation is 1. The maximum atomic E-state index is 11.5. The van der Waals surface area contributed by atoms with Gasteiger partial charge in [0.15, 0.2) is 0 Å². The van der Waals surface area contributed by atoms with Crippen LogP contribution >= 0.6 is 0 Å². The number of nitrogens with zero attached hydrogens (tertiary/aromatic N) is 3. The third-order valence-corrected chi connectivity index (χ3v) is 4.66. The van der Waals surface area contributed by atoms with E-state index in [-0.39, 0.29) is 11.8 Å². The quantitative estimate of drug-likeness (QED) is 0.745. The third-order valence-electron chi connectivity index (χ3n) is 4.66. The zero-order valence-electron chi connectivity index (χ0n) is 12.1. The van der Waals surface area contributed by atoms with Gasteiger partial charge in [0, 0.05) is 36.7 Å².